The number of hydrogen-bond acceptors (Lipinski definition) is 3. The quantitative estimate of drug-likeness (QED) is 0.269. The van der Waals surface area contributed by atoms with Crippen LogP contribution in [0.3, 0.4) is 0 Å². The fourth-order valence-electron chi connectivity index (χ4n) is 13.0. The maximum atomic E-state index is 11.7. The van der Waals surface area contributed by atoms with Crippen LogP contribution in [0.5, 0.6) is 0 Å². The highest BCUT2D eigenvalue weighted by Gasteiger charge is 2.57. The number of aliphatic hydroxyl groups excluding tert-OH is 3. The zero-order chi connectivity index (χ0) is 43.9. The lowest BCUT2D eigenvalue weighted by atomic mass is 9.49. The predicted molar refractivity (Wildman–Crippen MR) is 246 cm³/mol. The largest absolute Gasteiger partial charge is 0.512 e. The first-order valence-corrected chi connectivity index (χ1v) is 21.9. The lowest BCUT2D eigenvalue weighted by molar-refractivity contribution is -0.0326. The molecule has 57 heavy (non-hydrogen) atoms. The molecule has 0 unspecified atom stereocenters. The van der Waals surface area contributed by atoms with E-state index in [1.165, 1.54) is 50.1 Å². The summed E-state index contributed by atoms with van der Waals surface area (Å²) in [5.74, 6) is 1.48. The Bertz CT molecular complexity index is 1630. The second-order valence-corrected chi connectivity index (χ2v) is 24.7. The molecule has 0 amide bonds. The fourth-order valence-corrected chi connectivity index (χ4v) is 13.0. The molecule has 0 aliphatic heterocycles. The molecule has 0 bridgehead atoms. The van der Waals surface area contributed by atoms with Crippen molar-refractivity contribution in [1.82, 2.24) is 0 Å². The van der Waals surface area contributed by atoms with Crippen LogP contribution >= 0.6 is 0 Å². The van der Waals surface area contributed by atoms with Crippen molar-refractivity contribution in [2.24, 2.45) is 48.7 Å². The molecule has 1 aromatic carbocycles. The highest BCUT2D eigenvalue weighted by Crippen LogP contribution is 2.63. The van der Waals surface area contributed by atoms with Crippen molar-refractivity contribution in [3.8, 4) is 0 Å². The minimum atomic E-state index is -0.406. The Morgan fingerprint density at radius 2 is 0.526 bits per heavy atom. The van der Waals surface area contributed by atoms with E-state index in [1.807, 2.05) is 18.2 Å². The smallest absolute Gasteiger partial charge is 0.0997 e. The Balaban J connectivity index is 1.95. The van der Waals surface area contributed by atoms with Gasteiger partial charge in [-0.1, -0.05) is 160 Å². The summed E-state index contributed by atoms with van der Waals surface area (Å²) < 4.78 is 0. The van der Waals surface area contributed by atoms with Gasteiger partial charge >= 0.3 is 0 Å². The highest BCUT2D eigenvalue weighted by atomic mass is 16.3. The maximum absolute atomic E-state index is 11.7. The summed E-state index contributed by atoms with van der Waals surface area (Å²) in [7, 11) is 0. The first-order valence-electron chi connectivity index (χ1n) is 21.9. The van der Waals surface area contributed by atoms with Gasteiger partial charge in [0.2, 0.25) is 0 Å². The van der Waals surface area contributed by atoms with Crippen LogP contribution in [0.1, 0.15) is 177 Å². The summed E-state index contributed by atoms with van der Waals surface area (Å²) in [6.45, 7) is 48.1. The van der Waals surface area contributed by atoms with Gasteiger partial charge in [0.05, 0.1) is 17.3 Å². The molecule has 0 saturated carbocycles. The summed E-state index contributed by atoms with van der Waals surface area (Å²) in [5, 5.41) is 35.0. The lowest BCUT2D eigenvalue weighted by Gasteiger charge is -2.55. The van der Waals surface area contributed by atoms with Gasteiger partial charge in [0, 0.05) is 16.2 Å². The first-order chi connectivity index (χ1) is 25.5. The summed E-state index contributed by atoms with van der Waals surface area (Å²) in [6, 6.07) is 0. The van der Waals surface area contributed by atoms with E-state index in [0.717, 1.165) is 38.5 Å². The van der Waals surface area contributed by atoms with Gasteiger partial charge in [-0.15, -0.1) is 0 Å². The molecule has 3 aliphatic carbocycles. The van der Waals surface area contributed by atoms with Crippen molar-refractivity contribution in [2.45, 2.75) is 184 Å². The van der Waals surface area contributed by atoms with E-state index in [2.05, 4.69) is 164 Å². The van der Waals surface area contributed by atoms with Crippen molar-refractivity contribution in [3.05, 3.63) is 104 Å². The molecule has 0 atom stereocenters. The van der Waals surface area contributed by atoms with E-state index in [-0.39, 0.29) is 32.5 Å². The number of allylic oxidation sites excluding steroid dienone is 12. The molecule has 318 valence electrons. The highest BCUT2D eigenvalue weighted by molar-refractivity contribution is 5.55. The van der Waals surface area contributed by atoms with Crippen LogP contribution in [-0.4, -0.2) is 15.3 Å². The second-order valence-electron chi connectivity index (χ2n) is 24.7. The molecule has 1 aromatic rings. The molecular formula is C54H84O3. The predicted octanol–water partition coefficient (Wildman–Crippen LogP) is 15.8. The minimum absolute atomic E-state index is 0.155. The Kier molecular flexibility index (Phi) is 12.0. The molecule has 0 heterocycles. The number of rotatable bonds is 6. The third-order valence-electron chi connectivity index (χ3n) is 15.8. The van der Waals surface area contributed by atoms with E-state index in [0.29, 0.717) is 17.3 Å². The average Bonchev–Trinajstić information content (AvgIpc) is 3.02. The van der Waals surface area contributed by atoms with Gasteiger partial charge in [-0.25, -0.2) is 0 Å². The standard InChI is InChI=1S/C54H84O3/c1-34-40(28-37-22-25-43(55)52(31-37,46(4,5)6)47(7,8)9)35(2)42(30-39-24-27-45(57)54(33-39,50(16,17)18)51(19,20)21)36(3)41(34)29-38-23-26-44(56)53(32-38,48(10,11)12)49(13,14)15/h22-27,55-57H,28-33H2,1-21H3. The summed E-state index contributed by atoms with van der Waals surface area (Å²) >= 11 is 0. The number of benzene rings is 1. The van der Waals surface area contributed by atoms with Crippen molar-refractivity contribution in [2.75, 3.05) is 0 Å². The van der Waals surface area contributed by atoms with Crippen molar-refractivity contribution >= 4 is 0 Å². The lowest BCUT2D eigenvalue weighted by Crippen LogP contribution is -2.49. The number of hydrogen-bond donors (Lipinski definition) is 3. The third kappa shape index (κ3) is 7.58. The molecule has 3 aliphatic rings. The molecule has 0 spiro atoms. The Morgan fingerprint density at radius 3 is 0.684 bits per heavy atom. The van der Waals surface area contributed by atoms with Gasteiger partial charge in [0.15, 0.2) is 0 Å². The molecular weight excluding hydrogens is 697 g/mol. The van der Waals surface area contributed by atoms with Gasteiger partial charge in [-0.3, -0.25) is 0 Å². The van der Waals surface area contributed by atoms with Crippen LogP contribution in [0.15, 0.2) is 70.5 Å². The Hall–Kier alpha value is -2.94. The van der Waals surface area contributed by atoms with E-state index in [4.69, 9.17) is 0 Å². The summed E-state index contributed by atoms with van der Waals surface area (Å²) in [6.07, 6.45) is 17.5. The fraction of sp³-hybridized carbons (Fsp3) is 0.667. The van der Waals surface area contributed by atoms with Crippen LogP contribution in [0, 0.1) is 69.5 Å². The molecule has 4 rings (SSSR count). The first kappa shape index (κ1) is 46.7. The van der Waals surface area contributed by atoms with E-state index in [1.54, 1.807) is 0 Å². The molecule has 0 radical (unpaired) electrons. The van der Waals surface area contributed by atoms with Crippen LogP contribution in [-0.2, 0) is 19.3 Å². The van der Waals surface area contributed by atoms with Gasteiger partial charge in [-0.2, -0.15) is 0 Å². The van der Waals surface area contributed by atoms with Crippen molar-refractivity contribution in [3.63, 3.8) is 0 Å². The number of aliphatic hydroxyl groups is 3. The van der Waals surface area contributed by atoms with Crippen LogP contribution < -0.4 is 0 Å². The summed E-state index contributed by atoms with van der Waals surface area (Å²) in [4.78, 5) is 0. The molecule has 0 aromatic heterocycles. The van der Waals surface area contributed by atoms with E-state index < -0.39 is 16.2 Å². The van der Waals surface area contributed by atoms with Gasteiger partial charge in [-0.05, 0) is 143 Å². The normalized spacial score (nSPS) is 20.6. The van der Waals surface area contributed by atoms with Crippen molar-refractivity contribution in [1.29, 1.82) is 0 Å². The van der Waals surface area contributed by atoms with Crippen LogP contribution in [0.25, 0.3) is 0 Å². The van der Waals surface area contributed by atoms with Crippen LogP contribution in [0.4, 0.5) is 0 Å². The monoisotopic (exact) mass is 781 g/mol. The van der Waals surface area contributed by atoms with E-state index in [9.17, 15) is 15.3 Å². The summed E-state index contributed by atoms with van der Waals surface area (Å²) in [5.41, 5.74) is 10.2. The van der Waals surface area contributed by atoms with Gasteiger partial charge in [0.25, 0.3) is 0 Å². The molecule has 0 saturated heterocycles. The average molecular weight is 781 g/mol. The Labute approximate surface area is 350 Å². The molecule has 0 fully saturated rings. The third-order valence-corrected chi connectivity index (χ3v) is 15.8. The van der Waals surface area contributed by atoms with E-state index >= 15 is 0 Å². The van der Waals surface area contributed by atoms with Crippen LogP contribution in [0.2, 0.25) is 0 Å². The molecule has 3 heteroatoms. The maximum Gasteiger partial charge on any atom is 0.0997 e. The second kappa shape index (κ2) is 14.7. The molecule has 3 nitrogen and oxygen atoms in total. The SMILES string of the molecule is Cc1c(CC2=CC=C(O)C(C(C)(C)C)(C(C)(C)C)C2)c(C)c(CC2=CC=C(O)C(C(C)(C)C)(C(C)(C)C)C2)c(C)c1CC1=CC=C(O)C(C(C)(C)C)(C(C)(C)C)C1. The van der Waals surface area contributed by atoms with Gasteiger partial charge in [0.1, 0.15) is 0 Å². The topological polar surface area (TPSA) is 60.7 Å². The molecule has 3 N–H and O–H groups in total. The van der Waals surface area contributed by atoms with Crippen molar-refractivity contribution < 1.29 is 15.3 Å². The zero-order valence-corrected chi connectivity index (χ0v) is 40.5. The minimum Gasteiger partial charge on any atom is -0.512 e. The zero-order valence-electron chi connectivity index (χ0n) is 40.5. The van der Waals surface area contributed by atoms with Gasteiger partial charge < -0.3 is 15.3 Å². The Morgan fingerprint density at radius 1 is 0.351 bits per heavy atom.